The summed E-state index contributed by atoms with van der Waals surface area (Å²) in [6, 6.07) is 2.93. The summed E-state index contributed by atoms with van der Waals surface area (Å²) in [4.78, 5) is 4.44. The van der Waals surface area contributed by atoms with Gasteiger partial charge in [-0.25, -0.2) is 10.3 Å². The van der Waals surface area contributed by atoms with Gasteiger partial charge in [0.1, 0.15) is 5.82 Å². The summed E-state index contributed by atoms with van der Waals surface area (Å²) in [7, 11) is 1.48. The number of hydrogen-bond acceptors (Lipinski definition) is 4. The lowest BCUT2D eigenvalue weighted by Crippen LogP contribution is -2.09. The molecule has 0 bridgehead atoms. The molecule has 0 saturated heterocycles. The summed E-state index contributed by atoms with van der Waals surface area (Å²) in [5, 5.41) is 0. The van der Waals surface area contributed by atoms with Crippen LogP contribution in [-0.4, -0.2) is 19.8 Å². The van der Waals surface area contributed by atoms with Crippen molar-refractivity contribution in [1.82, 2.24) is 0 Å². The van der Waals surface area contributed by atoms with E-state index >= 15 is 0 Å². The van der Waals surface area contributed by atoms with Crippen molar-refractivity contribution in [3.63, 3.8) is 0 Å². The Kier molecular flexibility index (Phi) is 5.18. The highest BCUT2D eigenvalue weighted by Crippen LogP contribution is 2.31. The molecule has 0 aliphatic carbocycles. The molecule has 0 amide bonds. The van der Waals surface area contributed by atoms with Crippen molar-refractivity contribution in [3.8, 4) is 11.5 Å². The average Bonchev–Trinajstić information content (AvgIpc) is 2.28. The van der Waals surface area contributed by atoms with Crippen molar-refractivity contribution in [2.45, 2.75) is 26.4 Å². The average molecular weight is 243 g/mol. The molecular formula is C12H18FNO3. The fourth-order valence-electron chi connectivity index (χ4n) is 1.44. The van der Waals surface area contributed by atoms with E-state index < -0.39 is 0 Å². The summed E-state index contributed by atoms with van der Waals surface area (Å²) in [6.07, 6.45) is 0.383. The second-order valence-electron chi connectivity index (χ2n) is 3.88. The van der Waals surface area contributed by atoms with Crippen LogP contribution in [0.3, 0.4) is 0 Å². The maximum Gasteiger partial charge on any atom is 0.163 e. The van der Waals surface area contributed by atoms with E-state index in [1.54, 1.807) is 6.07 Å². The molecule has 0 saturated carbocycles. The van der Waals surface area contributed by atoms with E-state index in [1.807, 2.05) is 13.8 Å². The topological polar surface area (TPSA) is 53.7 Å². The Morgan fingerprint density at radius 3 is 2.53 bits per heavy atom. The molecule has 4 nitrogen and oxygen atoms in total. The van der Waals surface area contributed by atoms with Gasteiger partial charge in [-0.1, -0.05) is 0 Å². The standard InChI is InChI=1S/C12H18FNO3/c1-8(2)17-12-6-9(4-5-16-14)10(13)7-11(12)15-3/h6-8H,4-5,14H2,1-3H3. The Morgan fingerprint density at radius 1 is 1.29 bits per heavy atom. The fraction of sp³-hybridized carbons (Fsp3) is 0.500. The van der Waals surface area contributed by atoms with Gasteiger partial charge in [-0.3, -0.25) is 0 Å². The number of nitrogens with two attached hydrogens (primary N) is 1. The van der Waals surface area contributed by atoms with Crippen molar-refractivity contribution >= 4 is 0 Å². The second kappa shape index (κ2) is 6.42. The quantitative estimate of drug-likeness (QED) is 0.777. The van der Waals surface area contributed by atoms with Crippen LogP contribution in [0, 0.1) is 5.82 Å². The number of benzene rings is 1. The lowest BCUT2D eigenvalue weighted by molar-refractivity contribution is 0.140. The van der Waals surface area contributed by atoms with Gasteiger partial charge in [-0.05, 0) is 25.5 Å². The minimum absolute atomic E-state index is 0.00651. The van der Waals surface area contributed by atoms with E-state index in [2.05, 4.69) is 4.84 Å². The molecule has 0 unspecified atom stereocenters. The molecule has 5 heteroatoms. The summed E-state index contributed by atoms with van der Waals surface area (Å²) < 4.78 is 24.3. The molecule has 0 atom stereocenters. The van der Waals surface area contributed by atoms with Crippen LogP contribution in [0.15, 0.2) is 12.1 Å². The van der Waals surface area contributed by atoms with E-state index in [4.69, 9.17) is 15.4 Å². The summed E-state index contributed by atoms with van der Waals surface area (Å²) in [5.74, 6) is 5.48. The Hall–Kier alpha value is -1.33. The highest BCUT2D eigenvalue weighted by Gasteiger charge is 2.12. The number of rotatable bonds is 6. The minimum atomic E-state index is -0.352. The molecule has 0 heterocycles. The molecule has 1 aromatic carbocycles. The van der Waals surface area contributed by atoms with Crippen molar-refractivity contribution < 1.29 is 18.7 Å². The lowest BCUT2D eigenvalue weighted by atomic mass is 10.1. The largest absolute Gasteiger partial charge is 0.493 e. The minimum Gasteiger partial charge on any atom is -0.493 e. The van der Waals surface area contributed by atoms with Gasteiger partial charge in [0.05, 0.1) is 19.8 Å². The predicted octanol–water partition coefficient (Wildman–Crippen LogP) is 2.05. The smallest absolute Gasteiger partial charge is 0.163 e. The predicted molar refractivity (Wildman–Crippen MR) is 62.6 cm³/mol. The SMILES string of the molecule is COc1cc(F)c(CCON)cc1OC(C)C. The van der Waals surface area contributed by atoms with Crippen LogP contribution in [0.4, 0.5) is 4.39 Å². The van der Waals surface area contributed by atoms with Crippen LogP contribution < -0.4 is 15.4 Å². The van der Waals surface area contributed by atoms with Gasteiger partial charge in [0.2, 0.25) is 0 Å². The van der Waals surface area contributed by atoms with Crippen molar-refractivity contribution in [1.29, 1.82) is 0 Å². The summed E-state index contributed by atoms with van der Waals surface area (Å²) >= 11 is 0. The number of hydrogen-bond donors (Lipinski definition) is 1. The molecule has 96 valence electrons. The van der Waals surface area contributed by atoms with Gasteiger partial charge in [-0.15, -0.1) is 0 Å². The van der Waals surface area contributed by atoms with Crippen LogP contribution in [0.25, 0.3) is 0 Å². The molecule has 0 spiro atoms. The molecule has 0 aromatic heterocycles. The lowest BCUT2D eigenvalue weighted by Gasteiger charge is -2.15. The molecule has 0 aliphatic rings. The van der Waals surface area contributed by atoms with Gasteiger partial charge in [0.15, 0.2) is 11.5 Å². The van der Waals surface area contributed by atoms with Crippen LogP contribution in [0.5, 0.6) is 11.5 Å². The van der Waals surface area contributed by atoms with Gasteiger partial charge >= 0.3 is 0 Å². The third-order valence-corrected chi connectivity index (χ3v) is 2.18. The summed E-state index contributed by atoms with van der Waals surface area (Å²) in [6.45, 7) is 4.04. The normalized spacial score (nSPS) is 10.7. The van der Waals surface area contributed by atoms with Crippen molar-refractivity contribution in [3.05, 3.63) is 23.5 Å². The zero-order chi connectivity index (χ0) is 12.8. The first kappa shape index (κ1) is 13.7. The van der Waals surface area contributed by atoms with Crippen LogP contribution in [0.2, 0.25) is 0 Å². The molecule has 17 heavy (non-hydrogen) atoms. The van der Waals surface area contributed by atoms with E-state index in [1.165, 1.54) is 13.2 Å². The molecule has 1 aromatic rings. The number of methoxy groups -OCH3 is 1. The Morgan fingerprint density at radius 2 is 2.00 bits per heavy atom. The fourth-order valence-corrected chi connectivity index (χ4v) is 1.44. The number of halogens is 1. The highest BCUT2D eigenvalue weighted by atomic mass is 19.1. The third kappa shape index (κ3) is 3.87. The zero-order valence-corrected chi connectivity index (χ0v) is 10.3. The Balaban J connectivity index is 2.99. The molecule has 0 aliphatic heterocycles. The first-order valence-corrected chi connectivity index (χ1v) is 5.43. The molecule has 0 fully saturated rings. The molecule has 1 rings (SSSR count). The van der Waals surface area contributed by atoms with E-state index in [0.29, 0.717) is 23.5 Å². The van der Waals surface area contributed by atoms with Gasteiger partial charge in [-0.2, -0.15) is 0 Å². The maximum atomic E-state index is 13.6. The van der Waals surface area contributed by atoms with Gasteiger partial charge in [0.25, 0.3) is 0 Å². The molecular weight excluding hydrogens is 225 g/mol. The zero-order valence-electron chi connectivity index (χ0n) is 10.3. The van der Waals surface area contributed by atoms with Gasteiger partial charge < -0.3 is 14.3 Å². The first-order chi connectivity index (χ1) is 8.08. The Labute approximate surface area is 100 Å². The monoisotopic (exact) mass is 243 g/mol. The molecule has 2 N–H and O–H groups in total. The van der Waals surface area contributed by atoms with Crippen molar-refractivity contribution in [2.24, 2.45) is 5.90 Å². The van der Waals surface area contributed by atoms with E-state index in [9.17, 15) is 4.39 Å². The Bertz CT molecular complexity index is 369. The van der Waals surface area contributed by atoms with Crippen molar-refractivity contribution in [2.75, 3.05) is 13.7 Å². The molecule has 0 radical (unpaired) electrons. The summed E-state index contributed by atoms with van der Waals surface area (Å²) in [5.41, 5.74) is 0.493. The number of ether oxygens (including phenoxy) is 2. The van der Waals surface area contributed by atoms with E-state index in [0.717, 1.165) is 0 Å². The third-order valence-electron chi connectivity index (χ3n) is 2.18. The second-order valence-corrected chi connectivity index (χ2v) is 3.88. The van der Waals surface area contributed by atoms with E-state index in [-0.39, 0.29) is 18.5 Å². The van der Waals surface area contributed by atoms with Crippen LogP contribution in [0.1, 0.15) is 19.4 Å². The van der Waals surface area contributed by atoms with Crippen LogP contribution in [-0.2, 0) is 11.3 Å². The first-order valence-electron chi connectivity index (χ1n) is 5.43. The van der Waals surface area contributed by atoms with Crippen LogP contribution >= 0.6 is 0 Å². The highest BCUT2D eigenvalue weighted by molar-refractivity contribution is 5.44. The van der Waals surface area contributed by atoms with Gasteiger partial charge in [0, 0.05) is 12.5 Å². The maximum absolute atomic E-state index is 13.6.